The maximum Gasteiger partial charge on any atom is 0.237 e. The number of amides is 1. The Labute approximate surface area is 127 Å². The van der Waals surface area contributed by atoms with Crippen molar-refractivity contribution in [3.05, 3.63) is 71.8 Å². The SMILES string of the molecule is CCCC(C(=O)N(C)C)(c1ccccc1)c1ccccc1. The third-order valence-corrected chi connectivity index (χ3v) is 3.93. The fraction of sp³-hybridized carbons (Fsp3) is 0.316. The van der Waals surface area contributed by atoms with Crippen LogP contribution < -0.4 is 0 Å². The minimum Gasteiger partial charge on any atom is -0.348 e. The molecule has 0 aliphatic heterocycles. The Morgan fingerprint density at radius 3 is 1.67 bits per heavy atom. The van der Waals surface area contributed by atoms with E-state index >= 15 is 0 Å². The van der Waals surface area contributed by atoms with Crippen LogP contribution in [0.3, 0.4) is 0 Å². The van der Waals surface area contributed by atoms with Crippen LogP contribution >= 0.6 is 0 Å². The van der Waals surface area contributed by atoms with E-state index in [1.807, 2.05) is 50.5 Å². The van der Waals surface area contributed by atoms with Gasteiger partial charge in [-0.25, -0.2) is 0 Å². The molecule has 0 N–H and O–H groups in total. The van der Waals surface area contributed by atoms with Crippen LogP contribution in [0.15, 0.2) is 60.7 Å². The second kappa shape index (κ2) is 6.57. The number of hydrogen-bond donors (Lipinski definition) is 0. The second-order valence-corrected chi connectivity index (χ2v) is 5.59. The van der Waals surface area contributed by atoms with Gasteiger partial charge in [0.05, 0.1) is 5.41 Å². The fourth-order valence-electron chi connectivity index (χ4n) is 3.01. The molecule has 0 spiro atoms. The molecule has 0 radical (unpaired) electrons. The number of carbonyl (C=O) groups is 1. The lowest BCUT2D eigenvalue weighted by atomic mass is 9.70. The summed E-state index contributed by atoms with van der Waals surface area (Å²) in [4.78, 5) is 14.8. The Hall–Kier alpha value is -2.09. The van der Waals surface area contributed by atoms with Gasteiger partial charge >= 0.3 is 0 Å². The molecule has 0 aliphatic carbocycles. The number of rotatable bonds is 5. The molecule has 2 aromatic carbocycles. The van der Waals surface area contributed by atoms with E-state index in [-0.39, 0.29) is 5.91 Å². The molecule has 21 heavy (non-hydrogen) atoms. The Morgan fingerprint density at radius 1 is 0.905 bits per heavy atom. The molecule has 0 bridgehead atoms. The topological polar surface area (TPSA) is 20.3 Å². The second-order valence-electron chi connectivity index (χ2n) is 5.59. The molecule has 0 aliphatic rings. The van der Waals surface area contributed by atoms with Crippen molar-refractivity contribution in [3.63, 3.8) is 0 Å². The summed E-state index contributed by atoms with van der Waals surface area (Å²) in [6.07, 6.45) is 1.75. The van der Waals surface area contributed by atoms with Gasteiger partial charge in [-0.3, -0.25) is 4.79 Å². The molecule has 2 nitrogen and oxygen atoms in total. The number of hydrogen-bond acceptors (Lipinski definition) is 1. The zero-order chi connectivity index (χ0) is 15.3. The van der Waals surface area contributed by atoms with Crippen molar-refractivity contribution >= 4 is 5.91 Å². The van der Waals surface area contributed by atoms with E-state index in [1.54, 1.807) is 4.90 Å². The smallest absolute Gasteiger partial charge is 0.237 e. The predicted molar refractivity (Wildman–Crippen MR) is 87.3 cm³/mol. The highest BCUT2D eigenvalue weighted by Gasteiger charge is 2.41. The summed E-state index contributed by atoms with van der Waals surface area (Å²) in [5.41, 5.74) is 1.54. The lowest BCUT2D eigenvalue weighted by Crippen LogP contribution is -2.44. The number of likely N-dealkylation sites (N-methyl/N-ethyl adjacent to an activating group) is 1. The van der Waals surface area contributed by atoms with Gasteiger partial charge in [-0.15, -0.1) is 0 Å². The van der Waals surface area contributed by atoms with Crippen LogP contribution in [0.25, 0.3) is 0 Å². The van der Waals surface area contributed by atoms with E-state index in [0.717, 1.165) is 24.0 Å². The summed E-state index contributed by atoms with van der Waals surface area (Å²) in [6.45, 7) is 2.13. The number of benzene rings is 2. The summed E-state index contributed by atoms with van der Waals surface area (Å²) in [7, 11) is 3.66. The van der Waals surface area contributed by atoms with Gasteiger partial charge in [0.1, 0.15) is 0 Å². The molecule has 0 saturated carbocycles. The fourth-order valence-corrected chi connectivity index (χ4v) is 3.01. The third kappa shape index (κ3) is 2.85. The summed E-state index contributed by atoms with van der Waals surface area (Å²) in [5, 5.41) is 0. The van der Waals surface area contributed by atoms with Crippen LogP contribution in [0.4, 0.5) is 0 Å². The highest BCUT2D eigenvalue weighted by atomic mass is 16.2. The minimum absolute atomic E-state index is 0.141. The zero-order valence-electron chi connectivity index (χ0n) is 13.0. The van der Waals surface area contributed by atoms with Crippen molar-refractivity contribution in [2.75, 3.05) is 14.1 Å². The average Bonchev–Trinajstić information content (AvgIpc) is 2.53. The quantitative estimate of drug-likeness (QED) is 0.815. The van der Waals surface area contributed by atoms with Gasteiger partial charge in [0, 0.05) is 14.1 Å². The maximum atomic E-state index is 13.1. The van der Waals surface area contributed by atoms with Crippen molar-refractivity contribution < 1.29 is 4.79 Å². The van der Waals surface area contributed by atoms with Gasteiger partial charge in [-0.2, -0.15) is 0 Å². The number of nitrogens with zero attached hydrogens (tertiary/aromatic N) is 1. The van der Waals surface area contributed by atoms with Crippen LogP contribution in [0, 0.1) is 0 Å². The summed E-state index contributed by atoms with van der Waals surface area (Å²) >= 11 is 0. The van der Waals surface area contributed by atoms with E-state index in [2.05, 4.69) is 31.2 Å². The lowest BCUT2D eigenvalue weighted by molar-refractivity contribution is -0.133. The highest BCUT2D eigenvalue weighted by molar-refractivity contribution is 5.91. The Bertz CT molecular complexity index is 536. The molecule has 2 rings (SSSR count). The van der Waals surface area contributed by atoms with Gasteiger partial charge in [0.15, 0.2) is 0 Å². The molecular weight excluding hydrogens is 258 g/mol. The average molecular weight is 281 g/mol. The third-order valence-electron chi connectivity index (χ3n) is 3.93. The molecule has 1 amide bonds. The molecule has 0 saturated heterocycles. The molecule has 0 heterocycles. The monoisotopic (exact) mass is 281 g/mol. The first-order chi connectivity index (χ1) is 10.1. The molecule has 2 heteroatoms. The number of carbonyl (C=O) groups excluding carboxylic acids is 1. The van der Waals surface area contributed by atoms with Crippen molar-refractivity contribution in [1.82, 2.24) is 4.90 Å². The van der Waals surface area contributed by atoms with Crippen LogP contribution in [-0.4, -0.2) is 24.9 Å². The highest BCUT2D eigenvalue weighted by Crippen LogP contribution is 2.38. The summed E-state index contributed by atoms with van der Waals surface area (Å²) < 4.78 is 0. The molecular formula is C19H23NO. The van der Waals surface area contributed by atoms with Crippen molar-refractivity contribution in [3.8, 4) is 0 Å². The molecule has 0 atom stereocenters. The first-order valence-electron chi connectivity index (χ1n) is 7.45. The van der Waals surface area contributed by atoms with Gasteiger partial charge in [0.2, 0.25) is 5.91 Å². The maximum absolute atomic E-state index is 13.1. The summed E-state index contributed by atoms with van der Waals surface area (Å²) in [6, 6.07) is 20.2. The van der Waals surface area contributed by atoms with Crippen LogP contribution in [0.2, 0.25) is 0 Å². The molecule has 2 aromatic rings. The molecule has 0 unspecified atom stereocenters. The largest absolute Gasteiger partial charge is 0.348 e. The van der Waals surface area contributed by atoms with Crippen molar-refractivity contribution in [2.24, 2.45) is 0 Å². The van der Waals surface area contributed by atoms with E-state index in [0.29, 0.717) is 0 Å². The van der Waals surface area contributed by atoms with Crippen LogP contribution in [0.5, 0.6) is 0 Å². The van der Waals surface area contributed by atoms with E-state index in [9.17, 15) is 4.79 Å². The Balaban J connectivity index is 2.69. The van der Waals surface area contributed by atoms with Gasteiger partial charge in [0.25, 0.3) is 0 Å². The molecule has 0 aromatic heterocycles. The standard InChI is InChI=1S/C19H23NO/c1-4-15-19(18(21)20(2)3,16-11-7-5-8-12-16)17-13-9-6-10-14-17/h5-14H,4,15H2,1-3H3. The van der Waals surface area contributed by atoms with Gasteiger partial charge < -0.3 is 4.90 Å². The molecule has 110 valence electrons. The minimum atomic E-state index is -0.596. The lowest BCUT2D eigenvalue weighted by Gasteiger charge is -2.35. The van der Waals surface area contributed by atoms with Crippen molar-refractivity contribution in [2.45, 2.75) is 25.2 Å². The van der Waals surface area contributed by atoms with E-state index in [4.69, 9.17) is 0 Å². The van der Waals surface area contributed by atoms with Gasteiger partial charge in [-0.05, 0) is 17.5 Å². The van der Waals surface area contributed by atoms with Crippen LogP contribution in [-0.2, 0) is 10.2 Å². The van der Waals surface area contributed by atoms with Gasteiger partial charge in [-0.1, -0.05) is 74.0 Å². The summed E-state index contributed by atoms with van der Waals surface area (Å²) in [5.74, 6) is 0.141. The van der Waals surface area contributed by atoms with Crippen LogP contribution in [0.1, 0.15) is 30.9 Å². The van der Waals surface area contributed by atoms with E-state index < -0.39 is 5.41 Å². The molecule has 0 fully saturated rings. The first kappa shape index (κ1) is 15.3. The normalized spacial score (nSPS) is 11.2. The Morgan fingerprint density at radius 2 is 1.33 bits per heavy atom. The zero-order valence-corrected chi connectivity index (χ0v) is 13.0. The Kier molecular flexibility index (Phi) is 4.79. The van der Waals surface area contributed by atoms with Crippen molar-refractivity contribution in [1.29, 1.82) is 0 Å². The van der Waals surface area contributed by atoms with E-state index in [1.165, 1.54) is 0 Å². The predicted octanol–water partition coefficient (Wildman–Crippen LogP) is 3.86. The first-order valence-corrected chi connectivity index (χ1v) is 7.45.